The Labute approximate surface area is 224 Å². The molecule has 0 aliphatic carbocycles. The third-order valence-corrected chi connectivity index (χ3v) is 5.85. The Morgan fingerprint density at radius 1 is 1.03 bits per heavy atom. The number of carbonyl (C=O) groups is 2. The number of anilines is 3. The Kier molecular flexibility index (Phi) is 8.42. The number of benzene rings is 2. The van der Waals surface area contributed by atoms with E-state index in [-0.39, 0.29) is 39.4 Å². The standard InChI is InChI=1S/C25H16ClF2N7O2S/c26-15-4-3-5-16(11-15)31-23-17(12-29)22(14-7-8-18(27)19(28)10-14)34-25(35-23)38-13-21(36)33-24(37)32-20-6-1-2-9-30-20/h1-11H,13H2,(H,31,34,35)(H2,30,32,33,36,37). The number of thioether (sulfide) groups is 1. The number of nitrogens with one attached hydrogen (secondary N) is 3. The van der Waals surface area contributed by atoms with Crippen molar-refractivity contribution in [1.82, 2.24) is 20.3 Å². The lowest BCUT2D eigenvalue weighted by molar-refractivity contribution is -0.117. The first kappa shape index (κ1) is 26.5. The quantitative estimate of drug-likeness (QED) is 0.202. The minimum absolute atomic E-state index is 0.0155. The molecule has 0 aliphatic rings. The molecule has 38 heavy (non-hydrogen) atoms. The maximum absolute atomic E-state index is 14.0. The molecule has 3 N–H and O–H groups in total. The van der Waals surface area contributed by atoms with E-state index in [1.807, 2.05) is 6.07 Å². The van der Waals surface area contributed by atoms with E-state index in [1.54, 1.807) is 42.5 Å². The maximum atomic E-state index is 14.0. The highest BCUT2D eigenvalue weighted by molar-refractivity contribution is 7.99. The lowest BCUT2D eigenvalue weighted by atomic mass is 10.1. The summed E-state index contributed by atoms with van der Waals surface area (Å²) >= 11 is 6.92. The van der Waals surface area contributed by atoms with E-state index < -0.39 is 23.6 Å². The van der Waals surface area contributed by atoms with Crippen LogP contribution in [0.15, 0.2) is 72.0 Å². The van der Waals surface area contributed by atoms with Gasteiger partial charge >= 0.3 is 6.03 Å². The third kappa shape index (κ3) is 6.78. The number of hydrogen-bond donors (Lipinski definition) is 3. The largest absolute Gasteiger partial charge is 0.339 e. The summed E-state index contributed by atoms with van der Waals surface area (Å²) in [4.78, 5) is 37.0. The SMILES string of the molecule is N#Cc1c(Nc2cccc(Cl)c2)nc(SCC(=O)NC(=O)Nc2ccccn2)nc1-c1ccc(F)c(F)c1. The van der Waals surface area contributed by atoms with Crippen LogP contribution in [0.2, 0.25) is 5.02 Å². The molecule has 9 nitrogen and oxygen atoms in total. The topological polar surface area (TPSA) is 133 Å². The van der Waals surface area contributed by atoms with Crippen LogP contribution < -0.4 is 16.0 Å². The normalized spacial score (nSPS) is 10.4. The second-order valence-corrected chi connectivity index (χ2v) is 8.84. The number of rotatable bonds is 7. The van der Waals surface area contributed by atoms with Gasteiger partial charge < -0.3 is 5.32 Å². The first-order valence-corrected chi connectivity index (χ1v) is 12.1. The van der Waals surface area contributed by atoms with Crippen molar-refractivity contribution < 1.29 is 18.4 Å². The highest BCUT2D eigenvalue weighted by atomic mass is 35.5. The number of nitrogens with zero attached hydrogens (tertiary/aromatic N) is 4. The molecule has 0 aliphatic heterocycles. The zero-order valence-corrected chi connectivity index (χ0v) is 20.8. The minimum Gasteiger partial charge on any atom is -0.339 e. The number of pyridine rings is 1. The lowest BCUT2D eigenvalue weighted by Crippen LogP contribution is -2.35. The molecule has 2 aromatic heterocycles. The molecular weight excluding hydrogens is 536 g/mol. The van der Waals surface area contributed by atoms with Crippen molar-refractivity contribution in [1.29, 1.82) is 5.26 Å². The Bertz CT molecular complexity index is 1550. The number of nitriles is 1. The third-order valence-electron chi connectivity index (χ3n) is 4.77. The van der Waals surface area contributed by atoms with Crippen LogP contribution in [-0.2, 0) is 4.79 Å². The summed E-state index contributed by atoms with van der Waals surface area (Å²) in [5, 5.41) is 17.9. The molecule has 0 radical (unpaired) electrons. The number of urea groups is 1. The van der Waals surface area contributed by atoms with Gasteiger partial charge in [-0.05, 0) is 48.5 Å². The smallest absolute Gasteiger partial charge is 0.327 e. The molecule has 0 fully saturated rings. The summed E-state index contributed by atoms with van der Waals surface area (Å²) in [7, 11) is 0. The van der Waals surface area contributed by atoms with Gasteiger partial charge in [0.25, 0.3) is 0 Å². The van der Waals surface area contributed by atoms with Gasteiger partial charge in [-0.3, -0.25) is 15.4 Å². The Morgan fingerprint density at radius 2 is 1.87 bits per heavy atom. The van der Waals surface area contributed by atoms with Gasteiger partial charge in [-0.15, -0.1) is 0 Å². The van der Waals surface area contributed by atoms with Crippen molar-refractivity contribution in [2.24, 2.45) is 0 Å². The van der Waals surface area contributed by atoms with Crippen molar-refractivity contribution in [2.75, 3.05) is 16.4 Å². The molecular formula is C25H16ClF2N7O2S. The molecule has 0 saturated carbocycles. The molecule has 0 saturated heterocycles. The number of hydrogen-bond acceptors (Lipinski definition) is 8. The predicted molar refractivity (Wildman–Crippen MR) is 139 cm³/mol. The maximum Gasteiger partial charge on any atom is 0.327 e. The van der Waals surface area contributed by atoms with E-state index >= 15 is 0 Å². The Hall–Kier alpha value is -4.60. The van der Waals surface area contributed by atoms with Crippen molar-refractivity contribution in [3.05, 3.63) is 89.1 Å². The average Bonchev–Trinajstić information content (AvgIpc) is 2.89. The van der Waals surface area contributed by atoms with Crippen LogP contribution in [0.5, 0.6) is 0 Å². The fourth-order valence-electron chi connectivity index (χ4n) is 3.13. The Morgan fingerprint density at radius 3 is 2.58 bits per heavy atom. The van der Waals surface area contributed by atoms with Crippen LogP contribution in [0, 0.1) is 23.0 Å². The minimum atomic E-state index is -1.12. The van der Waals surface area contributed by atoms with Crippen LogP contribution in [-0.4, -0.2) is 32.6 Å². The van der Waals surface area contributed by atoms with Gasteiger partial charge in [-0.2, -0.15) is 5.26 Å². The van der Waals surface area contributed by atoms with Gasteiger partial charge in [0, 0.05) is 22.5 Å². The highest BCUT2D eigenvalue weighted by Crippen LogP contribution is 2.31. The van der Waals surface area contributed by atoms with Crippen molar-refractivity contribution >= 4 is 52.6 Å². The van der Waals surface area contributed by atoms with Gasteiger partial charge in [0.05, 0.1) is 11.4 Å². The fourth-order valence-corrected chi connectivity index (χ4v) is 3.97. The van der Waals surface area contributed by atoms with Crippen molar-refractivity contribution in [3.63, 3.8) is 0 Å². The highest BCUT2D eigenvalue weighted by Gasteiger charge is 2.19. The van der Waals surface area contributed by atoms with Gasteiger partial charge in [-0.1, -0.05) is 35.5 Å². The molecule has 13 heteroatoms. The van der Waals surface area contributed by atoms with Crippen LogP contribution >= 0.6 is 23.4 Å². The summed E-state index contributed by atoms with van der Waals surface area (Å²) in [6.07, 6.45) is 1.48. The van der Waals surface area contributed by atoms with E-state index in [4.69, 9.17) is 11.6 Å². The molecule has 0 unspecified atom stereocenters. The number of halogens is 3. The number of imide groups is 1. The molecule has 2 heterocycles. The van der Waals surface area contributed by atoms with Gasteiger partial charge in [0.1, 0.15) is 17.5 Å². The van der Waals surface area contributed by atoms with Gasteiger partial charge in [0.2, 0.25) is 5.91 Å². The number of amides is 3. The van der Waals surface area contributed by atoms with E-state index in [0.717, 1.165) is 23.9 Å². The zero-order valence-electron chi connectivity index (χ0n) is 19.2. The molecule has 0 spiro atoms. The van der Waals surface area contributed by atoms with Crippen LogP contribution in [0.1, 0.15) is 5.56 Å². The molecule has 2 aromatic carbocycles. The summed E-state index contributed by atoms with van der Waals surface area (Å²) in [6, 6.07) is 15.8. The second kappa shape index (κ2) is 12.1. The summed E-state index contributed by atoms with van der Waals surface area (Å²) in [5.74, 6) is -2.80. The van der Waals surface area contributed by atoms with Crippen molar-refractivity contribution in [3.8, 4) is 17.3 Å². The van der Waals surface area contributed by atoms with E-state index in [0.29, 0.717) is 10.7 Å². The monoisotopic (exact) mass is 551 g/mol. The first-order valence-electron chi connectivity index (χ1n) is 10.8. The predicted octanol–water partition coefficient (Wildman–Crippen LogP) is 5.53. The van der Waals surface area contributed by atoms with Gasteiger partial charge in [0.15, 0.2) is 22.6 Å². The molecule has 4 rings (SSSR count). The molecule has 190 valence electrons. The molecule has 0 bridgehead atoms. The first-order chi connectivity index (χ1) is 18.3. The van der Waals surface area contributed by atoms with Crippen LogP contribution in [0.3, 0.4) is 0 Å². The average molecular weight is 552 g/mol. The van der Waals surface area contributed by atoms with Gasteiger partial charge in [-0.25, -0.2) is 28.5 Å². The fraction of sp³-hybridized carbons (Fsp3) is 0.0400. The van der Waals surface area contributed by atoms with Crippen molar-refractivity contribution in [2.45, 2.75) is 5.16 Å². The molecule has 0 atom stereocenters. The molecule has 4 aromatic rings. The van der Waals surface area contributed by atoms with E-state index in [2.05, 4.69) is 30.9 Å². The summed E-state index contributed by atoms with van der Waals surface area (Å²) < 4.78 is 27.5. The lowest BCUT2D eigenvalue weighted by Gasteiger charge is -2.13. The number of aromatic nitrogens is 3. The van der Waals surface area contributed by atoms with E-state index in [1.165, 1.54) is 12.3 Å². The van der Waals surface area contributed by atoms with Crippen LogP contribution in [0.25, 0.3) is 11.3 Å². The zero-order chi connectivity index (χ0) is 27.1. The van der Waals surface area contributed by atoms with Crippen LogP contribution in [0.4, 0.5) is 30.9 Å². The summed E-state index contributed by atoms with van der Waals surface area (Å²) in [6.45, 7) is 0. The molecule has 3 amide bonds. The second-order valence-electron chi connectivity index (χ2n) is 7.46. The summed E-state index contributed by atoms with van der Waals surface area (Å²) in [5.41, 5.74) is 0.600. The Balaban J connectivity index is 1.59. The number of carbonyl (C=O) groups excluding carboxylic acids is 2. The van der Waals surface area contributed by atoms with E-state index in [9.17, 15) is 23.6 Å².